The van der Waals surface area contributed by atoms with Gasteiger partial charge >= 0.3 is 39.5 Å². The first-order chi connectivity index (χ1) is 48.7. The molecule has 0 aliphatic carbocycles. The molecule has 576 valence electrons. The number of ether oxygens (including phenoxy) is 4. The summed E-state index contributed by atoms with van der Waals surface area (Å²) in [4.78, 5) is 72.8. The van der Waals surface area contributed by atoms with E-state index in [1.54, 1.807) is 0 Å². The zero-order valence-corrected chi connectivity index (χ0v) is 64.6. The number of carbonyl (C=O) groups is 4. The van der Waals surface area contributed by atoms with Crippen LogP contribution in [0.1, 0.15) is 323 Å². The Hall–Kier alpha value is -4.28. The molecule has 0 aliphatic rings. The standard InChI is InChI=1S/C81H140O17P2/c1-5-9-13-17-21-25-29-33-35-36-37-38-40-44-48-52-56-60-64-68-81(86)98-77(72-92-79(84)66-62-58-54-50-46-43-39-34-30-26-22-18-14-10-6-2)74-96-100(89,90)94-70-75(82)69-93-99(87,88)95-73-76(97-80(85)67-63-59-55-51-47-42-32-28-24-20-16-12-8-4)71-91-78(83)65-61-57-53-49-45-41-31-27-23-19-15-11-7-3/h9,13,21,25,27-28,31-35,37-39,44,48,56,60,75-77,82H,5-8,10-12,14-20,22-24,26,29-30,36,40-43,45-47,49-55,57-59,61-74H2,1-4H3,(H,87,88)(H,89,90)/b13-9-,25-21-,31-27-,32-28-,35-33-,38-37-,39-34-,48-44-,60-56-/t75-,76+,77+/m0/s1. The number of phosphoric acid groups is 2. The summed E-state index contributed by atoms with van der Waals surface area (Å²) in [6.07, 6.45) is 78.0. The number of hydrogen-bond donors (Lipinski definition) is 3. The van der Waals surface area contributed by atoms with Crippen LogP contribution in [0.25, 0.3) is 0 Å². The lowest BCUT2D eigenvalue weighted by Crippen LogP contribution is -2.30. The third kappa shape index (κ3) is 72.1. The zero-order chi connectivity index (χ0) is 73.2. The molecular weight excluding hydrogens is 1310 g/mol. The van der Waals surface area contributed by atoms with E-state index in [-0.39, 0.29) is 25.7 Å². The summed E-state index contributed by atoms with van der Waals surface area (Å²) in [5.74, 6) is -2.29. The Kier molecular flexibility index (Phi) is 69.9. The molecule has 0 aromatic carbocycles. The number of hydrogen-bond acceptors (Lipinski definition) is 15. The predicted octanol–water partition coefficient (Wildman–Crippen LogP) is 22.6. The van der Waals surface area contributed by atoms with Crippen LogP contribution in [0.15, 0.2) is 109 Å². The number of allylic oxidation sites excluding steroid dienone is 18. The van der Waals surface area contributed by atoms with E-state index in [1.165, 1.54) is 89.9 Å². The SMILES string of the molecule is CC/C=C\C/C=C\C/C=C\C/C=C\C/C=C\C/C=C\CCC(=O)O[C@H](COC(=O)CCCCCCC/C=C\CCCCCCCC)COP(=O)(O)OC[C@@H](O)COP(=O)(O)OC[C@@H](COC(=O)CCCCCCC/C=C\CCCCCC)OC(=O)CCCCCCC/C=C\CCCCCC. The first kappa shape index (κ1) is 95.7. The second kappa shape index (κ2) is 73.0. The van der Waals surface area contributed by atoms with Crippen molar-refractivity contribution < 1.29 is 80.2 Å². The van der Waals surface area contributed by atoms with E-state index >= 15 is 0 Å². The van der Waals surface area contributed by atoms with Crippen molar-refractivity contribution in [1.29, 1.82) is 0 Å². The van der Waals surface area contributed by atoms with Gasteiger partial charge in [-0.15, -0.1) is 0 Å². The molecule has 0 fully saturated rings. The first-order valence-electron chi connectivity index (χ1n) is 39.1. The van der Waals surface area contributed by atoms with Crippen molar-refractivity contribution >= 4 is 39.5 Å². The van der Waals surface area contributed by atoms with Gasteiger partial charge in [0.15, 0.2) is 12.2 Å². The highest BCUT2D eigenvalue weighted by Gasteiger charge is 2.30. The van der Waals surface area contributed by atoms with Gasteiger partial charge in [0.25, 0.3) is 0 Å². The second-order valence-corrected chi connectivity index (χ2v) is 28.8. The zero-order valence-electron chi connectivity index (χ0n) is 62.8. The smallest absolute Gasteiger partial charge is 0.462 e. The van der Waals surface area contributed by atoms with Crippen LogP contribution in [0.4, 0.5) is 0 Å². The Morgan fingerprint density at radius 3 is 0.870 bits per heavy atom. The number of rotatable bonds is 73. The summed E-state index contributed by atoms with van der Waals surface area (Å²) in [6.45, 7) is 4.63. The van der Waals surface area contributed by atoms with Crippen molar-refractivity contribution in [2.75, 3.05) is 39.6 Å². The molecule has 0 rings (SSSR count). The van der Waals surface area contributed by atoms with Crippen LogP contribution in [-0.2, 0) is 65.4 Å². The molecule has 0 aliphatic heterocycles. The summed E-state index contributed by atoms with van der Waals surface area (Å²) in [5, 5.41) is 10.6. The summed E-state index contributed by atoms with van der Waals surface area (Å²) in [5.41, 5.74) is 0. The van der Waals surface area contributed by atoms with E-state index in [0.717, 1.165) is 148 Å². The van der Waals surface area contributed by atoms with Gasteiger partial charge in [0, 0.05) is 25.7 Å². The predicted molar refractivity (Wildman–Crippen MR) is 408 cm³/mol. The van der Waals surface area contributed by atoms with E-state index in [9.17, 15) is 43.2 Å². The second-order valence-electron chi connectivity index (χ2n) is 25.9. The molecule has 2 unspecified atom stereocenters. The molecule has 0 amide bonds. The Bertz CT molecular complexity index is 2320. The van der Waals surface area contributed by atoms with Gasteiger partial charge < -0.3 is 33.8 Å². The highest BCUT2D eigenvalue weighted by atomic mass is 31.2. The molecule has 17 nitrogen and oxygen atoms in total. The minimum Gasteiger partial charge on any atom is -0.462 e. The van der Waals surface area contributed by atoms with E-state index in [2.05, 4.69) is 119 Å². The van der Waals surface area contributed by atoms with Crippen molar-refractivity contribution in [3.8, 4) is 0 Å². The minimum absolute atomic E-state index is 0.0327. The van der Waals surface area contributed by atoms with Crippen LogP contribution >= 0.6 is 15.6 Å². The quantitative estimate of drug-likeness (QED) is 0.0169. The van der Waals surface area contributed by atoms with Crippen molar-refractivity contribution in [3.05, 3.63) is 109 Å². The molecule has 0 saturated carbocycles. The maximum atomic E-state index is 13.1. The summed E-state index contributed by atoms with van der Waals surface area (Å²) in [6, 6.07) is 0. The van der Waals surface area contributed by atoms with Crippen LogP contribution in [0.2, 0.25) is 0 Å². The van der Waals surface area contributed by atoms with Crippen LogP contribution in [0, 0.1) is 0 Å². The maximum Gasteiger partial charge on any atom is 0.472 e. The Morgan fingerprint density at radius 2 is 0.540 bits per heavy atom. The van der Waals surface area contributed by atoms with Crippen LogP contribution in [0.3, 0.4) is 0 Å². The number of aliphatic hydroxyl groups excluding tert-OH is 1. The summed E-state index contributed by atoms with van der Waals surface area (Å²) in [7, 11) is -9.98. The molecule has 100 heavy (non-hydrogen) atoms. The monoisotopic (exact) mass is 1450 g/mol. The van der Waals surface area contributed by atoms with Crippen LogP contribution in [0.5, 0.6) is 0 Å². The molecule has 0 bridgehead atoms. The van der Waals surface area contributed by atoms with E-state index < -0.39 is 97.5 Å². The van der Waals surface area contributed by atoms with Gasteiger partial charge in [0.05, 0.1) is 26.4 Å². The van der Waals surface area contributed by atoms with Crippen molar-refractivity contribution in [2.45, 2.75) is 341 Å². The number of carbonyl (C=O) groups excluding carboxylic acids is 4. The van der Waals surface area contributed by atoms with Crippen LogP contribution in [-0.4, -0.2) is 96.7 Å². The lowest BCUT2D eigenvalue weighted by Gasteiger charge is -2.21. The highest BCUT2D eigenvalue weighted by molar-refractivity contribution is 7.47. The normalized spacial score (nSPS) is 14.5. The van der Waals surface area contributed by atoms with Gasteiger partial charge in [-0.05, 0) is 141 Å². The largest absolute Gasteiger partial charge is 0.472 e. The van der Waals surface area contributed by atoms with Gasteiger partial charge in [0.2, 0.25) is 0 Å². The van der Waals surface area contributed by atoms with Gasteiger partial charge in [-0.2, -0.15) is 0 Å². The molecule has 5 atom stereocenters. The molecule has 0 radical (unpaired) electrons. The fourth-order valence-corrected chi connectivity index (χ4v) is 11.8. The Morgan fingerprint density at radius 1 is 0.290 bits per heavy atom. The fourth-order valence-electron chi connectivity index (χ4n) is 10.2. The van der Waals surface area contributed by atoms with E-state index in [4.69, 9.17) is 37.0 Å². The Balaban J connectivity index is 5.43. The molecule has 0 spiro atoms. The molecule has 0 saturated heterocycles. The number of esters is 4. The van der Waals surface area contributed by atoms with Crippen molar-refractivity contribution in [1.82, 2.24) is 0 Å². The molecule has 3 N–H and O–H groups in total. The average molecular weight is 1450 g/mol. The topological polar surface area (TPSA) is 237 Å². The fraction of sp³-hybridized carbons (Fsp3) is 0.728. The number of unbranched alkanes of at least 4 members (excludes halogenated alkanes) is 29. The lowest BCUT2D eigenvalue weighted by molar-refractivity contribution is -0.161. The molecule has 0 heterocycles. The van der Waals surface area contributed by atoms with E-state index in [1.807, 2.05) is 18.2 Å². The van der Waals surface area contributed by atoms with Gasteiger partial charge in [-0.25, -0.2) is 9.13 Å². The van der Waals surface area contributed by atoms with Crippen molar-refractivity contribution in [3.63, 3.8) is 0 Å². The number of aliphatic hydroxyl groups is 1. The highest BCUT2D eigenvalue weighted by Crippen LogP contribution is 2.45. The van der Waals surface area contributed by atoms with Gasteiger partial charge in [-0.1, -0.05) is 265 Å². The molecular formula is C81H140O17P2. The third-order valence-corrected chi connectivity index (χ3v) is 18.1. The molecule has 0 aromatic rings. The van der Waals surface area contributed by atoms with Gasteiger partial charge in [-0.3, -0.25) is 37.3 Å². The molecule has 0 aromatic heterocycles. The van der Waals surface area contributed by atoms with E-state index in [0.29, 0.717) is 32.1 Å². The van der Waals surface area contributed by atoms with Gasteiger partial charge in [0.1, 0.15) is 19.3 Å². The minimum atomic E-state index is -5.00. The number of phosphoric ester groups is 2. The summed E-state index contributed by atoms with van der Waals surface area (Å²) < 4.78 is 68.4. The maximum absolute atomic E-state index is 13.1. The Labute approximate surface area is 607 Å². The third-order valence-electron chi connectivity index (χ3n) is 16.2. The first-order valence-corrected chi connectivity index (χ1v) is 42.1. The molecule has 19 heteroatoms. The lowest BCUT2D eigenvalue weighted by atomic mass is 10.1. The average Bonchev–Trinajstić information content (AvgIpc) is 0.934. The summed E-state index contributed by atoms with van der Waals surface area (Å²) >= 11 is 0. The van der Waals surface area contributed by atoms with Crippen molar-refractivity contribution in [2.24, 2.45) is 0 Å². The van der Waals surface area contributed by atoms with Crippen LogP contribution < -0.4 is 0 Å².